The average molecular weight is 360 g/mol. The number of unbranched alkanes of at least 4 members (excludes halogenated alkanes) is 12. The Morgan fingerprint density at radius 3 is 1.69 bits per heavy atom. The maximum Gasteiger partial charge on any atom is 0.127 e. The van der Waals surface area contributed by atoms with Gasteiger partial charge in [-0.25, -0.2) is 0 Å². The topological polar surface area (TPSA) is 29.1 Å². The molecule has 1 N–H and O–H groups in total. The smallest absolute Gasteiger partial charge is 0.127 e. The molecule has 0 aliphatic heterocycles. The van der Waals surface area contributed by atoms with E-state index in [-0.39, 0.29) is 5.92 Å². The van der Waals surface area contributed by atoms with Gasteiger partial charge in [-0.1, -0.05) is 103 Å². The molecule has 0 amide bonds. The van der Waals surface area contributed by atoms with Crippen LogP contribution in [-0.2, 0) is 4.79 Å². The number of hydrogen-bond donors (Lipinski definition) is 1. The van der Waals surface area contributed by atoms with Crippen LogP contribution in [0.5, 0.6) is 0 Å². The van der Waals surface area contributed by atoms with Crippen molar-refractivity contribution in [1.82, 2.24) is 0 Å². The summed E-state index contributed by atoms with van der Waals surface area (Å²) in [5.41, 5.74) is 2.25. The third-order valence-corrected chi connectivity index (χ3v) is 5.25. The fourth-order valence-electron chi connectivity index (χ4n) is 3.36. The zero-order chi connectivity index (χ0) is 18.9. The van der Waals surface area contributed by atoms with Crippen molar-refractivity contribution in [2.24, 2.45) is 0 Å². The van der Waals surface area contributed by atoms with Gasteiger partial charge in [-0.2, -0.15) is 0 Å². The lowest BCUT2D eigenvalue weighted by atomic mass is 10.0. The van der Waals surface area contributed by atoms with Crippen LogP contribution in [0.2, 0.25) is 0 Å². The van der Waals surface area contributed by atoms with Crippen molar-refractivity contribution < 1.29 is 4.79 Å². The van der Waals surface area contributed by atoms with Crippen LogP contribution in [0.25, 0.3) is 0 Å². The van der Waals surface area contributed by atoms with Gasteiger partial charge >= 0.3 is 0 Å². The molecule has 1 aromatic rings. The van der Waals surface area contributed by atoms with Gasteiger partial charge in [0.05, 0.1) is 0 Å². The number of hydrogen-bond acceptors (Lipinski definition) is 2. The van der Waals surface area contributed by atoms with Gasteiger partial charge in [0, 0.05) is 18.2 Å². The lowest BCUT2D eigenvalue weighted by Gasteiger charge is -2.09. The summed E-state index contributed by atoms with van der Waals surface area (Å²) in [6.45, 7) is 5.26. The highest BCUT2D eigenvalue weighted by Gasteiger charge is 2.02. The largest absolute Gasteiger partial charge is 0.385 e. The molecule has 1 rings (SSSR count). The van der Waals surface area contributed by atoms with Gasteiger partial charge in [0.15, 0.2) is 0 Å². The number of rotatable bonds is 17. The molecule has 0 aromatic heterocycles. The van der Waals surface area contributed by atoms with Crippen molar-refractivity contribution in [2.45, 2.75) is 103 Å². The molecule has 1 atom stereocenters. The summed E-state index contributed by atoms with van der Waals surface area (Å²) < 4.78 is 0. The third-order valence-electron chi connectivity index (χ3n) is 5.25. The van der Waals surface area contributed by atoms with Crippen molar-refractivity contribution >= 4 is 12.0 Å². The molecular formula is C24H41NO. The van der Waals surface area contributed by atoms with Gasteiger partial charge in [-0.05, 0) is 24.1 Å². The van der Waals surface area contributed by atoms with E-state index in [4.69, 9.17) is 0 Å². The molecule has 0 heterocycles. The fraction of sp³-hybridized carbons (Fsp3) is 0.708. The number of carbonyl (C=O) groups excluding carboxylic acids is 1. The Bertz CT molecular complexity index is 440. The van der Waals surface area contributed by atoms with Crippen molar-refractivity contribution in [3.05, 3.63) is 29.8 Å². The third kappa shape index (κ3) is 11.3. The monoisotopic (exact) mass is 359 g/mol. The zero-order valence-corrected chi connectivity index (χ0v) is 17.3. The summed E-state index contributed by atoms with van der Waals surface area (Å²) in [5, 5.41) is 3.48. The van der Waals surface area contributed by atoms with Gasteiger partial charge in [-0.3, -0.25) is 0 Å². The van der Waals surface area contributed by atoms with E-state index in [0.717, 1.165) is 24.1 Å². The Hall–Kier alpha value is -1.31. The van der Waals surface area contributed by atoms with E-state index in [1.165, 1.54) is 83.5 Å². The predicted octanol–water partition coefficient (Wildman–Crippen LogP) is 7.49. The van der Waals surface area contributed by atoms with Crippen molar-refractivity contribution in [3.63, 3.8) is 0 Å². The molecule has 0 radical (unpaired) electrons. The first-order chi connectivity index (χ1) is 12.8. The number of aldehydes is 1. The predicted molar refractivity (Wildman–Crippen MR) is 115 cm³/mol. The molecule has 0 spiro atoms. The highest BCUT2D eigenvalue weighted by Crippen LogP contribution is 2.17. The molecule has 0 aliphatic rings. The molecule has 0 bridgehead atoms. The summed E-state index contributed by atoms with van der Waals surface area (Å²) in [6.07, 6.45) is 19.1. The summed E-state index contributed by atoms with van der Waals surface area (Å²) in [4.78, 5) is 10.8. The number of anilines is 1. The van der Waals surface area contributed by atoms with Crippen molar-refractivity contribution in [2.75, 3.05) is 11.9 Å². The van der Waals surface area contributed by atoms with Crippen LogP contribution in [0.3, 0.4) is 0 Å². The van der Waals surface area contributed by atoms with Crippen LogP contribution in [0.1, 0.15) is 109 Å². The summed E-state index contributed by atoms with van der Waals surface area (Å²) in [5.74, 6) is -0.00916. The van der Waals surface area contributed by atoms with E-state index in [1.807, 2.05) is 19.1 Å². The molecule has 2 heteroatoms. The second-order valence-electron chi connectivity index (χ2n) is 7.72. The second-order valence-corrected chi connectivity index (χ2v) is 7.72. The van der Waals surface area contributed by atoms with Gasteiger partial charge in [-0.15, -0.1) is 0 Å². The minimum Gasteiger partial charge on any atom is -0.385 e. The van der Waals surface area contributed by atoms with E-state index in [9.17, 15) is 4.79 Å². The number of carbonyl (C=O) groups is 1. The Labute approximate surface area is 162 Å². The highest BCUT2D eigenvalue weighted by molar-refractivity contribution is 5.62. The Morgan fingerprint density at radius 2 is 1.23 bits per heavy atom. The van der Waals surface area contributed by atoms with E-state index >= 15 is 0 Å². The number of nitrogens with one attached hydrogen (secondary N) is 1. The van der Waals surface area contributed by atoms with Crippen LogP contribution >= 0.6 is 0 Å². The maximum atomic E-state index is 10.8. The molecule has 0 saturated carbocycles. The molecule has 0 aliphatic carbocycles. The fourth-order valence-corrected chi connectivity index (χ4v) is 3.36. The van der Waals surface area contributed by atoms with Gasteiger partial charge in [0.25, 0.3) is 0 Å². The molecule has 0 saturated heterocycles. The second kappa shape index (κ2) is 15.9. The molecule has 0 fully saturated rings. The first-order valence-corrected chi connectivity index (χ1v) is 11.1. The Morgan fingerprint density at radius 1 is 0.769 bits per heavy atom. The highest BCUT2D eigenvalue weighted by atomic mass is 16.1. The Kier molecular flexibility index (Phi) is 13.9. The van der Waals surface area contributed by atoms with E-state index in [0.29, 0.717) is 0 Å². The van der Waals surface area contributed by atoms with Crippen LogP contribution in [0.15, 0.2) is 24.3 Å². The van der Waals surface area contributed by atoms with Gasteiger partial charge < -0.3 is 10.1 Å². The summed E-state index contributed by atoms with van der Waals surface area (Å²) in [6, 6.07) is 8.26. The van der Waals surface area contributed by atoms with Crippen molar-refractivity contribution in [1.29, 1.82) is 0 Å². The van der Waals surface area contributed by atoms with Crippen LogP contribution in [0.4, 0.5) is 5.69 Å². The minimum atomic E-state index is -0.00916. The average Bonchev–Trinajstić information content (AvgIpc) is 2.68. The van der Waals surface area contributed by atoms with Crippen LogP contribution < -0.4 is 5.32 Å². The normalized spacial score (nSPS) is 12.1. The Balaban J connectivity index is 1.88. The van der Waals surface area contributed by atoms with Crippen LogP contribution in [0, 0.1) is 0 Å². The molecule has 148 valence electrons. The van der Waals surface area contributed by atoms with Gasteiger partial charge in [0.1, 0.15) is 6.29 Å². The lowest BCUT2D eigenvalue weighted by Crippen LogP contribution is -2.02. The standard InChI is InChI=1S/C24H41NO/c1-3-4-5-6-7-8-9-10-11-12-13-14-15-20-25-24-18-16-23(17-19-24)22(2)21-26/h16-19,21-22,25H,3-15,20H2,1-2H3. The molecule has 1 unspecified atom stereocenters. The quantitative estimate of drug-likeness (QED) is 0.230. The van der Waals surface area contributed by atoms with Crippen LogP contribution in [-0.4, -0.2) is 12.8 Å². The lowest BCUT2D eigenvalue weighted by molar-refractivity contribution is -0.108. The summed E-state index contributed by atoms with van der Waals surface area (Å²) in [7, 11) is 0. The maximum absolute atomic E-state index is 10.8. The van der Waals surface area contributed by atoms with Crippen molar-refractivity contribution in [3.8, 4) is 0 Å². The van der Waals surface area contributed by atoms with E-state index in [1.54, 1.807) is 0 Å². The number of benzene rings is 1. The molecular weight excluding hydrogens is 318 g/mol. The minimum absolute atomic E-state index is 0.00916. The molecule has 1 aromatic carbocycles. The molecule has 26 heavy (non-hydrogen) atoms. The molecule has 2 nitrogen and oxygen atoms in total. The first kappa shape index (κ1) is 22.7. The SMILES string of the molecule is CCCCCCCCCCCCCCCNc1ccc(C(C)C=O)cc1. The zero-order valence-electron chi connectivity index (χ0n) is 17.3. The summed E-state index contributed by atoms with van der Waals surface area (Å²) >= 11 is 0. The van der Waals surface area contributed by atoms with E-state index in [2.05, 4.69) is 24.4 Å². The first-order valence-electron chi connectivity index (χ1n) is 11.1. The van der Waals surface area contributed by atoms with Gasteiger partial charge in [0.2, 0.25) is 0 Å². The van der Waals surface area contributed by atoms with E-state index < -0.39 is 0 Å².